The summed E-state index contributed by atoms with van der Waals surface area (Å²) in [5.74, 6) is 0.0231. The number of carbonyl (C=O) groups excluding carboxylic acids is 1. The molecule has 2 heterocycles. The summed E-state index contributed by atoms with van der Waals surface area (Å²) in [6, 6.07) is 0. The summed E-state index contributed by atoms with van der Waals surface area (Å²) in [4.78, 5) is 21.0. The lowest BCUT2D eigenvalue weighted by atomic mass is 10.3. The van der Waals surface area contributed by atoms with Crippen LogP contribution in [0.2, 0.25) is 0 Å². The minimum Gasteiger partial charge on any atom is -0.345 e. The van der Waals surface area contributed by atoms with E-state index < -0.39 is 0 Å². The Morgan fingerprint density at radius 1 is 1.50 bits per heavy atom. The summed E-state index contributed by atoms with van der Waals surface area (Å²) >= 11 is 1.70. The second-order valence-corrected chi connectivity index (χ2v) is 4.98. The number of nitrogens with zero attached hydrogens (tertiary/aromatic N) is 3. The number of piperazine rings is 1. The molecule has 0 unspecified atom stereocenters. The van der Waals surface area contributed by atoms with Crippen molar-refractivity contribution >= 4 is 22.4 Å². The number of amides is 1. The first-order chi connectivity index (χ1) is 7.70. The van der Waals surface area contributed by atoms with Crippen LogP contribution in [0.3, 0.4) is 0 Å². The van der Waals surface area contributed by atoms with Crippen LogP contribution in [0, 0.1) is 6.92 Å². The Morgan fingerprint density at radius 2 is 2.19 bits per heavy atom. The Kier molecular flexibility index (Phi) is 3.24. The molecule has 1 fully saturated rings. The van der Waals surface area contributed by atoms with Crippen LogP contribution < -0.4 is 4.90 Å². The quantitative estimate of drug-likeness (QED) is 0.727. The molecular weight excluding hydrogens is 222 g/mol. The van der Waals surface area contributed by atoms with Crippen LogP contribution in [0.25, 0.3) is 0 Å². The average Bonchev–Trinajstić information content (AvgIpc) is 2.75. The van der Waals surface area contributed by atoms with Crippen LogP contribution >= 0.6 is 11.3 Å². The molecule has 1 amide bonds. The summed E-state index contributed by atoms with van der Waals surface area (Å²) in [6.45, 7) is 8.77. The number of thiazole rings is 1. The van der Waals surface area contributed by atoms with Crippen molar-refractivity contribution < 1.29 is 4.79 Å². The molecule has 0 spiro atoms. The average molecular weight is 237 g/mol. The standard InChI is InChI=1S/C11H15N3OS/c1-3-10(15)13-4-6-14(7-5-13)11-12-8-9(2)16-11/h3,8H,1,4-7H2,2H3. The van der Waals surface area contributed by atoms with E-state index in [2.05, 4.69) is 23.4 Å². The largest absolute Gasteiger partial charge is 0.345 e. The van der Waals surface area contributed by atoms with Gasteiger partial charge in [0, 0.05) is 37.3 Å². The first-order valence-electron chi connectivity index (χ1n) is 5.29. The van der Waals surface area contributed by atoms with Crippen molar-refractivity contribution in [2.75, 3.05) is 31.1 Å². The van der Waals surface area contributed by atoms with Crippen molar-refractivity contribution in [2.45, 2.75) is 6.92 Å². The monoisotopic (exact) mass is 237 g/mol. The number of hydrogen-bond donors (Lipinski definition) is 0. The van der Waals surface area contributed by atoms with Gasteiger partial charge in [0.1, 0.15) is 0 Å². The zero-order valence-corrected chi connectivity index (χ0v) is 10.2. The van der Waals surface area contributed by atoms with Gasteiger partial charge in [-0.15, -0.1) is 11.3 Å². The van der Waals surface area contributed by atoms with Gasteiger partial charge in [0.25, 0.3) is 0 Å². The predicted molar refractivity (Wildman–Crippen MR) is 65.8 cm³/mol. The van der Waals surface area contributed by atoms with Crippen LogP contribution in [0.5, 0.6) is 0 Å². The first kappa shape index (κ1) is 11.1. The number of aryl methyl sites for hydroxylation is 1. The third-order valence-electron chi connectivity index (χ3n) is 2.65. The predicted octanol–water partition coefficient (Wildman–Crippen LogP) is 1.29. The maximum atomic E-state index is 11.4. The molecule has 0 aliphatic carbocycles. The number of rotatable bonds is 2. The van der Waals surface area contributed by atoms with Crippen LogP contribution in [0.4, 0.5) is 5.13 Å². The van der Waals surface area contributed by atoms with Gasteiger partial charge in [-0.3, -0.25) is 4.79 Å². The van der Waals surface area contributed by atoms with E-state index in [1.165, 1.54) is 11.0 Å². The van der Waals surface area contributed by atoms with Gasteiger partial charge >= 0.3 is 0 Å². The molecule has 0 aromatic carbocycles. The molecule has 1 aliphatic heterocycles. The lowest BCUT2D eigenvalue weighted by Gasteiger charge is -2.33. The molecule has 0 saturated carbocycles. The third kappa shape index (κ3) is 2.24. The van der Waals surface area contributed by atoms with E-state index >= 15 is 0 Å². The summed E-state index contributed by atoms with van der Waals surface area (Å²) in [5, 5.41) is 1.06. The molecule has 1 aromatic heterocycles. The fraction of sp³-hybridized carbons (Fsp3) is 0.455. The Balaban J connectivity index is 1.95. The molecule has 0 bridgehead atoms. The molecule has 1 aliphatic rings. The van der Waals surface area contributed by atoms with Gasteiger partial charge < -0.3 is 9.80 Å². The number of hydrogen-bond acceptors (Lipinski definition) is 4. The molecule has 0 radical (unpaired) electrons. The zero-order valence-electron chi connectivity index (χ0n) is 9.35. The summed E-state index contributed by atoms with van der Waals surface area (Å²) in [7, 11) is 0. The van der Waals surface area contributed by atoms with Crippen LogP contribution in [-0.4, -0.2) is 42.0 Å². The van der Waals surface area contributed by atoms with Crippen LogP contribution in [-0.2, 0) is 4.79 Å². The fourth-order valence-corrected chi connectivity index (χ4v) is 2.55. The molecule has 4 nitrogen and oxygen atoms in total. The van der Waals surface area contributed by atoms with E-state index in [0.717, 1.165) is 31.3 Å². The van der Waals surface area contributed by atoms with E-state index in [1.54, 1.807) is 11.3 Å². The van der Waals surface area contributed by atoms with E-state index in [-0.39, 0.29) is 5.91 Å². The van der Waals surface area contributed by atoms with Gasteiger partial charge in [0.2, 0.25) is 5.91 Å². The SMILES string of the molecule is C=CC(=O)N1CCN(c2ncc(C)s2)CC1. The Hall–Kier alpha value is -1.36. The summed E-state index contributed by atoms with van der Waals surface area (Å²) < 4.78 is 0. The molecule has 0 atom stereocenters. The second kappa shape index (κ2) is 4.65. The second-order valence-electron chi connectivity index (χ2n) is 3.77. The highest BCUT2D eigenvalue weighted by Crippen LogP contribution is 2.22. The van der Waals surface area contributed by atoms with Gasteiger partial charge in [-0.05, 0) is 13.0 Å². The number of aromatic nitrogens is 1. The van der Waals surface area contributed by atoms with Crippen LogP contribution in [0.1, 0.15) is 4.88 Å². The normalized spacial score (nSPS) is 16.3. The smallest absolute Gasteiger partial charge is 0.246 e. The highest BCUT2D eigenvalue weighted by atomic mass is 32.1. The van der Waals surface area contributed by atoms with E-state index in [4.69, 9.17) is 0 Å². The third-order valence-corrected chi connectivity index (χ3v) is 3.62. The lowest BCUT2D eigenvalue weighted by Crippen LogP contribution is -2.48. The van der Waals surface area contributed by atoms with Crippen molar-refractivity contribution in [3.63, 3.8) is 0 Å². The first-order valence-corrected chi connectivity index (χ1v) is 6.11. The molecular formula is C11H15N3OS. The maximum absolute atomic E-state index is 11.4. The summed E-state index contributed by atoms with van der Waals surface area (Å²) in [6.07, 6.45) is 3.27. The Labute approximate surface area is 99.2 Å². The molecule has 5 heteroatoms. The van der Waals surface area contributed by atoms with Crippen molar-refractivity contribution in [3.8, 4) is 0 Å². The molecule has 2 rings (SSSR count). The molecule has 1 saturated heterocycles. The summed E-state index contributed by atoms with van der Waals surface area (Å²) in [5.41, 5.74) is 0. The highest BCUT2D eigenvalue weighted by Gasteiger charge is 2.20. The molecule has 86 valence electrons. The topological polar surface area (TPSA) is 36.4 Å². The Morgan fingerprint density at radius 3 is 2.69 bits per heavy atom. The minimum absolute atomic E-state index is 0.0231. The lowest BCUT2D eigenvalue weighted by molar-refractivity contribution is -0.126. The van der Waals surface area contributed by atoms with E-state index in [9.17, 15) is 4.79 Å². The van der Waals surface area contributed by atoms with Gasteiger partial charge in [-0.1, -0.05) is 6.58 Å². The minimum atomic E-state index is 0.0231. The van der Waals surface area contributed by atoms with E-state index in [1.807, 2.05) is 11.1 Å². The van der Waals surface area contributed by atoms with Gasteiger partial charge in [0.15, 0.2) is 5.13 Å². The number of carbonyl (C=O) groups is 1. The van der Waals surface area contributed by atoms with Crippen molar-refractivity contribution in [1.29, 1.82) is 0 Å². The van der Waals surface area contributed by atoms with Gasteiger partial charge in [-0.25, -0.2) is 4.98 Å². The number of anilines is 1. The maximum Gasteiger partial charge on any atom is 0.246 e. The molecule has 1 aromatic rings. The van der Waals surface area contributed by atoms with Gasteiger partial charge in [-0.2, -0.15) is 0 Å². The van der Waals surface area contributed by atoms with Crippen LogP contribution in [0.15, 0.2) is 18.9 Å². The fourth-order valence-electron chi connectivity index (χ4n) is 1.74. The van der Waals surface area contributed by atoms with Crippen molar-refractivity contribution in [2.24, 2.45) is 0 Å². The highest BCUT2D eigenvalue weighted by molar-refractivity contribution is 7.15. The molecule has 16 heavy (non-hydrogen) atoms. The Bertz CT molecular complexity index is 394. The zero-order chi connectivity index (χ0) is 11.5. The van der Waals surface area contributed by atoms with Gasteiger partial charge in [0.05, 0.1) is 0 Å². The van der Waals surface area contributed by atoms with Crippen molar-refractivity contribution in [1.82, 2.24) is 9.88 Å². The molecule has 0 N–H and O–H groups in total. The van der Waals surface area contributed by atoms with Crippen molar-refractivity contribution in [3.05, 3.63) is 23.7 Å². The van der Waals surface area contributed by atoms with E-state index in [0.29, 0.717) is 0 Å².